The minimum Gasteiger partial charge on any atom is -0.497 e. The number of amides is 1. The maximum Gasteiger partial charge on any atom is 0.258 e. The van der Waals surface area contributed by atoms with Crippen LogP contribution in [-0.2, 0) is 0 Å². The molecule has 0 aliphatic carbocycles. The summed E-state index contributed by atoms with van der Waals surface area (Å²) in [6.07, 6.45) is 1.72. The predicted molar refractivity (Wildman–Crippen MR) is 109 cm³/mol. The normalized spacial score (nSPS) is 10.7. The van der Waals surface area contributed by atoms with Crippen LogP contribution in [0.5, 0.6) is 5.75 Å². The quantitative estimate of drug-likeness (QED) is 0.549. The molecule has 27 heavy (non-hydrogen) atoms. The summed E-state index contributed by atoms with van der Waals surface area (Å²) in [4.78, 5) is 22.7. The highest BCUT2D eigenvalue weighted by Crippen LogP contribution is 2.31. The molecule has 1 amide bonds. The van der Waals surface area contributed by atoms with Crippen LogP contribution in [0.3, 0.4) is 0 Å². The first-order valence-electron chi connectivity index (χ1n) is 8.42. The number of hydrogen-bond acceptors (Lipinski definition) is 5. The van der Waals surface area contributed by atoms with Crippen LogP contribution >= 0.6 is 11.3 Å². The van der Waals surface area contributed by atoms with E-state index < -0.39 is 0 Å². The Balaban J connectivity index is 1.62. The summed E-state index contributed by atoms with van der Waals surface area (Å²) in [5.74, 6) is 0.605. The van der Waals surface area contributed by atoms with Crippen LogP contribution in [0.25, 0.3) is 22.2 Å². The molecular weight excluding hydrogens is 358 g/mol. The van der Waals surface area contributed by atoms with Crippen LogP contribution in [0.1, 0.15) is 15.2 Å². The second-order valence-electron chi connectivity index (χ2n) is 5.98. The first-order valence-corrected chi connectivity index (χ1v) is 9.24. The van der Waals surface area contributed by atoms with Crippen molar-refractivity contribution in [2.75, 3.05) is 12.4 Å². The monoisotopic (exact) mass is 375 g/mol. The molecule has 2 aromatic carbocycles. The molecule has 6 heteroatoms. The number of carbonyl (C=O) groups excluding carboxylic acids is 1. The van der Waals surface area contributed by atoms with Gasteiger partial charge in [0.25, 0.3) is 5.91 Å². The molecule has 4 aromatic rings. The average Bonchev–Trinajstić information content (AvgIpc) is 3.07. The molecule has 0 bridgehead atoms. The number of fused-ring (bicyclic) bond motifs is 1. The number of anilines is 1. The number of thiazole rings is 1. The van der Waals surface area contributed by atoms with Gasteiger partial charge in [-0.2, -0.15) is 0 Å². The number of hydrogen-bond donors (Lipinski definition) is 1. The fraction of sp³-hybridized carbons (Fsp3) is 0.0952. The fourth-order valence-corrected chi connectivity index (χ4v) is 3.76. The van der Waals surface area contributed by atoms with E-state index in [9.17, 15) is 4.79 Å². The van der Waals surface area contributed by atoms with Crippen LogP contribution in [0, 0.1) is 6.92 Å². The molecule has 5 nitrogen and oxygen atoms in total. The fourth-order valence-electron chi connectivity index (χ4n) is 2.93. The van der Waals surface area contributed by atoms with Gasteiger partial charge in [-0.1, -0.05) is 12.1 Å². The Labute approximate surface area is 160 Å². The van der Waals surface area contributed by atoms with Crippen molar-refractivity contribution in [1.29, 1.82) is 0 Å². The zero-order chi connectivity index (χ0) is 18.8. The molecule has 0 unspecified atom stereocenters. The van der Waals surface area contributed by atoms with Crippen molar-refractivity contribution in [3.63, 3.8) is 0 Å². The summed E-state index contributed by atoms with van der Waals surface area (Å²) >= 11 is 1.46. The molecule has 0 aliphatic heterocycles. The van der Waals surface area contributed by atoms with Crippen molar-refractivity contribution in [3.8, 4) is 17.0 Å². The van der Waals surface area contributed by atoms with Crippen molar-refractivity contribution in [2.24, 2.45) is 0 Å². The first kappa shape index (κ1) is 17.2. The lowest BCUT2D eigenvalue weighted by molar-refractivity contribution is 0.102. The van der Waals surface area contributed by atoms with E-state index in [1.165, 1.54) is 11.3 Å². The molecule has 0 aliphatic rings. The number of rotatable bonds is 4. The molecule has 0 fully saturated rings. The Bertz CT molecular complexity index is 1110. The summed E-state index contributed by atoms with van der Waals surface area (Å²) in [7, 11) is 1.64. The highest BCUT2D eigenvalue weighted by atomic mass is 32.1. The van der Waals surface area contributed by atoms with Gasteiger partial charge in [-0.15, -0.1) is 11.3 Å². The van der Waals surface area contributed by atoms with Gasteiger partial charge in [0.15, 0.2) is 5.13 Å². The SMILES string of the molecule is COc1ccc(-c2nc(NC(=O)c3cccc4ncccc34)sc2C)cc1. The summed E-state index contributed by atoms with van der Waals surface area (Å²) in [6, 6.07) is 17.0. The van der Waals surface area contributed by atoms with Gasteiger partial charge in [-0.25, -0.2) is 4.98 Å². The molecule has 134 valence electrons. The summed E-state index contributed by atoms with van der Waals surface area (Å²) < 4.78 is 5.20. The Morgan fingerprint density at radius 3 is 2.67 bits per heavy atom. The van der Waals surface area contributed by atoms with Crippen LogP contribution in [-0.4, -0.2) is 23.0 Å². The third kappa shape index (κ3) is 3.39. The summed E-state index contributed by atoms with van der Waals surface area (Å²) in [5.41, 5.74) is 3.22. The van der Waals surface area contributed by atoms with Crippen molar-refractivity contribution >= 4 is 33.3 Å². The molecule has 0 atom stereocenters. The number of aromatic nitrogens is 2. The molecule has 2 aromatic heterocycles. The lowest BCUT2D eigenvalue weighted by Crippen LogP contribution is -2.12. The molecular formula is C21H17N3O2S. The second kappa shape index (κ2) is 7.17. The summed E-state index contributed by atoms with van der Waals surface area (Å²) in [5, 5.41) is 4.31. The third-order valence-corrected chi connectivity index (χ3v) is 5.16. The van der Waals surface area contributed by atoms with E-state index in [2.05, 4.69) is 15.3 Å². The van der Waals surface area contributed by atoms with Gasteiger partial charge >= 0.3 is 0 Å². The van der Waals surface area contributed by atoms with Gasteiger partial charge < -0.3 is 4.74 Å². The van der Waals surface area contributed by atoms with E-state index in [0.29, 0.717) is 10.7 Å². The number of ether oxygens (including phenoxy) is 1. The molecule has 1 N–H and O–H groups in total. The minimum atomic E-state index is -0.191. The highest BCUT2D eigenvalue weighted by molar-refractivity contribution is 7.16. The van der Waals surface area contributed by atoms with Crippen LogP contribution in [0.4, 0.5) is 5.13 Å². The Kier molecular flexibility index (Phi) is 4.56. The zero-order valence-electron chi connectivity index (χ0n) is 14.9. The van der Waals surface area contributed by atoms with E-state index in [1.54, 1.807) is 19.4 Å². The van der Waals surface area contributed by atoms with Gasteiger partial charge in [-0.3, -0.25) is 15.1 Å². The number of pyridine rings is 1. The summed E-state index contributed by atoms with van der Waals surface area (Å²) in [6.45, 7) is 1.99. The van der Waals surface area contributed by atoms with Crippen molar-refractivity contribution in [2.45, 2.75) is 6.92 Å². The van der Waals surface area contributed by atoms with Gasteiger partial charge in [0.2, 0.25) is 0 Å². The third-order valence-electron chi connectivity index (χ3n) is 4.27. The molecule has 4 rings (SSSR count). The first-order chi connectivity index (χ1) is 13.2. The average molecular weight is 375 g/mol. The van der Waals surface area contributed by atoms with E-state index >= 15 is 0 Å². The van der Waals surface area contributed by atoms with E-state index in [4.69, 9.17) is 4.74 Å². The number of carbonyl (C=O) groups is 1. The number of aryl methyl sites for hydroxylation is 1. The van der Waals surface area contributed by atoms with Gasteiger partial charge in [0.1, 0.15) is 5.75 Å². The Morgan fingerprint density at radius 1 is 1.07 bits per heavy atom. The lowest BCUT2D eigenvalue weighted by atomic mass is 10.1. The number of methoxy groups -OCH3 is 1. The molecule has 0 saturated heterocycles. The zero-order valence-corrected chi connectivity index (χ0v) is 15.7. The van der Waals surface area contributed by atoms with Crippen molar-refractivity contribution in [3.05, 3.63) is 71.2 Å². The van der Waals surface area contributed by atoms with Crippen LogP contribution in [0.15, 0.2) is 60.8 Å². The number of benzene rings is 2. The second-order valence-corrected chi connectivity index (χ2v) is 7.19. The van der Waals surface area contributed by atoms with Crippen LogP contribution < -0.4 is 10.1 Å². The highest BCUT2D eigenvalue weighted by Gasteiger charge is 2.15. The molecule has 0 saturated carbocycles. The topological polar surface area (TPSA) is 64.1 Å². The van der Waals surface area contributed by atoms with Crippen molar-refractivity contribution < 1.29 is 9.53 Å². The Hall–Kier alpha value is -3.25. The number of nitrogens with one attached hydrogen (secondary N) is 1. The molecule has 0 spiro atoms. The predicted octanol–water partition coefficient (Wildman–Crippen LogP) is 4.93. The molecule has 2 heterocycles. The van der Waals surface area contributed by atoms with Crippen molar-refractivity contribution in [1.82, 2.24) is 9.97 Å². The minimum absolute atomic E-state index is 0.191. The van der Waals surface area contributed by atoms with E-state index in [0.717, 1.165) is 32.8 Å². The molecule has 0 radical (unpaired) electrons. The van der Waals surface area contributed by atoms with Gasteiger partial charge in [0.05, 0.1) is 18.3 Å². The number of nitrogens with zero attached hydrogens (tertiary/aromatic N) is 2. The maximum atomic E-state index is 12.8. The van der Waals surface area contributed by atoms with Gasteiger partial charge in [-0.05, 0) is 49.4 Å². The van der Waals surface area contributed by atoms with Gasteiger partial charge in [0, 0.05) is 27.6 Å². The van der Waals surface area contributed by atoms with Crippen LogP contribution in [0.2, 0.25) is 0 Å². The maximum absolute atomic E-state index is 12.8. The Morgan fingerprint density at radius 2 is 1.89 bits per heavy atom. The smallest absolute Gasteiger partial charge is 0.258 e. The standard InChI is InChI=1S/C21H17N3O2S/c1-13-19(14-8-10-15(26-2)11-9-14)23-21(27-13)24-20(25)17-5-3-7-18-16(17)6-4-12-22-18/h3-12H,1-2H3,(H,23,24,25). The van der Waals surface area contributed by atoms with E-state index in [-0.39, 0.29) is 5.91 Å². The lowest BCUT2D eigenvalue weighted by Gasteiger charge is -2.05. The van der Waals surface area contributed by atoms with E-state index in [1.807, 2.05) is 55.5 Å². The largest absolute Gasteiger partial charge is 0.497 e.